The Morgan fingerprint density at radius 3 is 1.25 bits per heavy atom. The Labute approximate surface area is 58.8 Å². The molecular formula is CoIrORu. The smallest absolute Gasteiger partial charge is 0 e. The molecule has 0 aromatic rings. The minimum atomic E-state index is 0. The monoisotopic (exact) mass is 370 g/mol. The van der Waals surface area contributed by atoms with E-state index in [0.29, 0.717) is 0 Å². The van der Waals surface area contributed by atoms with E-state index < -0.39 is 0 Å². The molecule has 1 nitrogen and oxygen atoms in total. The van der Waals surface area contributed by atoms with Crippen molar-refractivity contribution in [3.05, 3.63) is 0 Å². The topological polar surface area (TPSA) is 17.1 Å². The summed E-state index contributed by atoms with van der Waals surface area (Å²) in [6, 6.07) is 0. The fourth-order valence-corrected chi connectivity index (χ4v) is 0. The fourth-order valence-electron chi connectivity index (χ4n) is 0. The van der Waals surface area contributed by atoms with Crippen molar-refractivity contribution in [3.8, 4) is 0 Å². The quantitative estimate of drug-likeness (QED) is 0.545. The Morgan fingerprint density at radius 1 is 1.25 bits per heavy atom. The third kappa shape index (κ3) is 9.55. The van der Waals surface area contributed by atoms with E-state index >= 15 is 0 Å². The van der Waals surface area contributed by atoms with Crippen LogP contribution < -0.4 is 0 Å². The van der Waals surface area contributed by atoms with E-state index in [2.05, 4.69) is 15.7 Å². The van der Waals surface area contributed by atoms with Gasteiger partial charge in [0.25, 0.3) is 0 Å². The van der Waals surface area contributed by atoms with Gasteiger partial charge >= 0.3 is 19.5 Å². The van der Waals surface area contributed by atoms with Gasteiger partial charge < -0.3 is 0 Å². The summed E-state index contributed by atoms with van der Waals surface area (Å²) in [6.07, 6.45) is 0. The molecule has 0 atom stereocenters. The molecule has 1 radical (unpaired) electrons. The van der Waals surface area contributed by atoms with Crippen molar-refractivity contribution in [2.45, 2.75) is 0 Å². The predicted molar refractivity (Wildman–Crippen MR) is 0.686 cm³/mol. The van der Waals surface area contributed by atoms with Crippen LogP contribution in [0.25, 0.3) is 0 Å². The molecule has 32 valence electrons. The van der Waals surface area contributed by atoms with Crippen LogP contribution in [-0.4, -0.2) is 0 Å². The Bertz CT molecular complexity index is 8.00. The van der Waals surface area contributed by atoms with Gasteiger partial charge in [-0.15, -0.1) is 0 Å². The maximum atomic E-state index is 7.94. The second-order valence-electron chi connectivity index (χ2n) is 0. The molecule has 0 heterocycles. The predicted octanol–water partition coefficient (Wildman–Crippen LogP) is -0.126. The minimum Gasteiger partial charge on any atom is 0 e. The zero-order chi connectivity index (χ0) is 2.00. The molecule has 0 aliphatic heterocycles. The van der Waals surface area contributed by atoms with Gasteiger partial charge in [-0.2, -0.15) is 0 Å². The van der Waals surface area contributed by atoms with Gasteiger partial charge in [0, 0.05) is 39.6 Å². The van der Waals surface area contributed by atoms with E-state index in [1.54, 1.807) is 0 Å². The Hall–Kier alpha value is 1.58. The van der Waals surface area contributed by atoms with Crippen molar-refractivity contribution in [3.63, 3.8) is 0 Å². The molecule has 0 bridgehead atoms. The molecule has 0 spiro atoms. The van der Waals surface area contributed by atoms with Crippen LogP contribution in [0.4, 0.5) is 0 Å². The summed E-state index contributed by atoms with van der Waals surface area (Å²) in [4.78, 5) is 0. The fraction of sp³-hybridized carbons (Fsp3) is 0. The van der Waals surface area contributed by atoms with Gasteiger partial charge in [0.2, 0.25) is 0 Å². The first-order chi connectivity index (χ1) is 1.00. The van der Waals surface area contributed by atoms with Gasteiger partial charge in [-0.05, 0) is 0 Å². The van der Waals surface area contributed by atoms with E-state index in [1.807, 2.05) is 0 Å². The van der Waals surface area contributed by atoms with E-state index in [-0.39, 0.29) is 39.6 Å². The Morgan fingerprint density at radius 2 is 1.25 bits per heavy atom. The minimum absolute atomic E-state index is 0. The van der Waals surface area contributed by atoms with Crippen molar-refractivity contribution in [2.24, 2.45) is 0 Å². The van der Waals surface area contributed by atoms with Crippen LogP contribution in [0.3, 0.4) is 0 Å². The number of hydrogen-bond acceptors (Lipinski definition) is 1. The van der Waals surface area contributed by atoms with Crippen LogP contribution in [0.1, 0.15) is 0 Å². The van der Waals surface area contributed by atoms with Crippen molar-refractivity contribution in [1.82, 2.24) is 0 Å². The average molecular weight is 368 g/mol. The standard InChI is InChI=1S/Co.Ir.O.Ru. The maximum absolute atomic E-state index is 7.94. The van der Waals surface area contributed by atoms with Crippen LogP contribution in [0.5, 0.6) is 0 Å². The molecule has 4 heavy (non-hydrogen) atoms. The molecule has 0 fully saturated rings. The molecule has 0 amide bonds. The van der Waals surface area contributed by atoms with Crippen LogP contribution >= 0.6 is 0 Å². The molecule has 0 aliphatic rings. The molecule has 0 aromatic carbocycles. The van der Waals surface area contributed by atoms with E-state index in [1.165, 1.54) is 0 Å². The largest absolute Gasteiger partial charge is 0 e. The molecule has 0 saturated heterocycles. The van der Waals surface area contributed by atoms with Crippen molar-refractivity contribution in [1.29, 1.82) is 0 Å². The van der Waals surface area contributed by atoms with Crippen LogP contribution in [-0.2, 0) is 59.1 Å². The van der Waals surface area contributed by atoms with Crippen LogP contribution in [0, 0.1) is 0 Å². The summed E-state index contributed by atoms with van der Waals surface area (Å²) in [5.41, 5.74) is 0. The molecule has 0 rings (SSSR count). The molecule has 0 N–H and O–H groups in total. The second kappa shape index (κ2) is 23.5. The summed E-state index contributed by atoms with van der Waals surface area (Å²) in [5, 5.41) is 0. The van der Waals surface area contributed by atoms with Gasteiger partial charge in [0.1, 0.15) is 0 Å². The molecule has 0 aromatic heterocycles. The molecule has 0 saturated carbocycles. The van der Waals surface area contributed by atoms with Crippen LogP contribution in [0.15, 0.2) is 0 Å². The summed E-state index contributed by atoms with van der Waals surface area (Å²) in [6.45, 7) is 0. The Balaban J connectivity index is -0.00000000500. The van der Waals surface area contributed by atoms with Crippen LogP contribution in [0.2, 0.25) is 0 Å². The second-order valence-corrected chi connectivity index (χ2v) is 0. The summed E-state index contributed by atoms with van der Waals surface area (Å²) >= 11 is 2.31. The van der Waals surface area contributed by atoms with Gasteiger partial charge in [-0.3, -0.25) is 0 Å². The molecular weight excluding hydrogens is 368 g/mol. The van der Waals surface area contributed by atoms with E-state index in [0.717, 1.165) is 0 Å². The van der Waals surface area contributed by atoms with E-state index in [4.69, 9.17) is 3.87 Å². The number of rotatable bonds is 0. The third-order valence-corrected chi connectivity index (χ3v) is 0. The summed E-state index contributed by atoms with van der Waals surface area (Å²) in [5.74, 6) is 0. The van der Waals surface area contributed by atoms with Gasteiger partial charge in [-0.25, -0.2) is 0 Å². The summed E-state index contributed by atoms with van der Waals surface area (Å²) in [7, 11) is 0. The SMILES string of the molecule is [Ir].[O]=[Co].[Ru]. The third-order valence-electron chi connectivity index (χ3n) is 0. The van der Waals surface area contributed by atoms with Gasteiger partial charge in [-0.1, -0.05) is 0 Å². The zero-order valence-corrected chi connectivity index (χ0v) is 6.60. The van der Waals surface area contributed by atoms with Crippen molar-refractivity contribution < 1.29 is 59.1 Å². The van der Waals surface area contributed by atoms with Crippen molar-refractivity contribution in [2.75, 3.05) is 0 Å². The molecule has 4 heteroatoms. The molecule has 0 aliphatic carbocycles. The van der Waals surface area contributed by atoms with E-state index in [9.17, 15) is 0 Å². The normalized spacial score (nSPS) is 1.25. The first-order valence-corrected chi connectivity index (χ1v) is 0.561. The van der Waals surface area contributed by atoms with Crippen molar-refractivity contribution >= 4 is 0 Å². The average Bonchev–Trinajstić information content (AvgIpc) is 1.00. The first-order valence-electron chi connectivity index (χ1n) is 0.136. The maximum Gasteiger partial charge on any atom is 0 e. The molecule has 0 unspecified atom stereocenters. The summed E-state index contributed by atoms with van der Waals surface area (Å²) < 4.78 is 7.94. The van der Waals surface area contributed by atoms with Gasteiger partial charge in [0.05, 0.1) is 0 Å². The number of hydrogen-bond donors (Lipinski definition) is 0. The first kappa shape index (κ1) is 17.6. The Kier molecular flexibility index (Phi) is 103. The zero-order valence-electron chi connectivity index (χ0n) is 1.43. The van der Waals surface area contributed by atoms with Gasteiger partial charge in [0.15, 0.2) is 0 Å².